The number of halogens is 2. The van der Waals surface area contributed by atoms with Gasteiger partial charge in [0.2, 0.25) is 0 Å². The summed E-state index contributed by atoms with van der Waals surface area (Å²) in [5.74, 6) is -2.02. The maximum absolute atomic E-state index is 15.1. The van der Waals surface area contributed by atoms with Gasteiger partial charge < -0.3 is 5.32 Å². The number of carbonyl (C=O) groups excluding carboxylic acids is 2. The molecule has 3 aromatic carbocycles. The fraction of sp³-hybridized carbons (Fsp3) is 0. The summed E-state index contributed by atoms with van der Waals surface area (Å²) in [6.45, 7) is 0. The number of rotatable bonds is 4. The van der Waals surface area contributed by atoms with Gasteiger partial charge >= 0.3 is 0 Å². The number of anilines is 1. The number of nitrogens with zero attached hydrogens (tertiary/aromatic N) is 3. The van der Waals surface area contributed by atoms with E-state index in [0.717, 1.165) is 0 Å². The zero-order valence-corrected chi connectivity index (χ0v) is 16.5. The molecule has 0 saturated heterocycles. The quantitative estimate of drug-likeness (QED) is 0.470. The molecule has 6 nitrogen and oxygen atoms in total. The lowest BCUT2D eigenvalue weighted by Gasteiger charge is -2.10. The summed E-state index contributed by atoms with van der Waals surface area (Å²) in [6.07, 6.45) is 1.33. The van der Waals surface area contributed by atoms with Gasteiger partial charge in [-0.25, -0.2) is 9.37 Å². The first-order valence-electron chi connectivity index (χ1n) is 9.03. The smallest absolute Gasteiger partial charge is 0.255 e. The van der Waals surface area contributed by atoms with Crippen LogP contribution >= 0.6 is 11.6 Å². The maximum Gasteiger partial charge on any atom is 0.255 e. The van der Waals surface area contributed by atoms with Gasteiger partial charge in [-0.2, -0.15) is 5.26 Å². The van der Waals surface area contributed by atoms with E-state index in [9.17, 15) is 9.59 Å². The van der Waals surface area contributed by atoms with Gasteiger partial charge in [0.25, 0.3) is 5.91 Å². The summed E-state index contributed by atoms with van der Waals surface area (Å²) >= 11 is 5.89. The van der Waals surface area contributed by atoms with Crippen molar-refractivity contribution in [3.63, 3.8) is 0 Å². The minimum atomic E-state index is -0.861. The Labute approximate surface area is 180 Å². The molecule has 0 aliphatic heterocycles. The summed E-state index contributed by atoms with van der Waals surface area (Å²) < 4.78 is 15.1. The highest BCUT2D eigenvalue weighted by Gasteiger charge is 2.19. The van der Waals surface area contributed by atoms with Crippen LogP contribution in [0.3, 0.4) is 0 Å². The lowest BCUT2D eigenvalue weighted by atomic mass is 10.0. The fourth-order valence-electron chi connectivity index (χ4n) is 2.99. The Kier molecular flexibility index (Phi) is 5.39. The van der Waals surface area contributed by atoms with Gasteiger partial charge in [-0.1, -0.05) is 23.7 Å². The van der Waals surface area contributed by atoms with Crippen LogP contribution in [0.25, 0.3) is 11.0 Å². The van der Waals surface area contributed by atoms with Crippen molar-refractivity contribution >= 4 is 40.0 Å². The zero-order valence-electron chi connectivity index (χ0n) is 15.8. The standard InChI is InChI=1S/C23H12ClFN4O2/c24-15-4-1-3-14(9-15)23(31)29-19-6-2-5-17(21(19)25)22(30)13-7-8-18-20(10-13)28-16(11-26)12-27-18/h1-10,12H,(H,29,31). The minimum absolute atomic E-state index is 0.106. The van der Waals surface area contributed by atoms with E-state index in [1.54, 1.807) is 24.3 Å². The molecule has 0 aliphatic rings. The molecule has 0 bridgehead atoms. The van der Waals surface area contributed by atoms with Crippen LogP contribution in [0.4, 0.5) is 10.1 Å². The summed E-state index contributed by atoms with van der Waals surface area (Å²) in [5.41, 5.74) is 1.03. The summed E-state index contributed by atoms with van der Waals surface area (Å²) in [4.78, 5) is 33.6. The van der Waals surface area contributed by atoms with Crippen LogP contribution in [0.1, 0.15) is 32.0 Å². The number of fused-ring (bicyclic) bond motifs is 1. The van der Waals surface area contributed by atoms with Crippen molar-refractivity contribution in [1.82, 2.24) is 9.97 Å². The van der Waals surface area contributed by atoms with Crippen LogP contribution in [-0.2, 0) is 0 Å². The largest absolute Gasteiger partial charge is 0.319 e. The molecule has 0 spiro atoms. The zero-order chi connectivity index (χ0) is 22.0. The number of nitriles is 1. The van der Waals surface area contributed by atoms with Crippen molar-refractivity contribution in [2.24, 2.45) is 0 Å². The Morgan fingerprint density at radius 1 is 1.00 bits per heavy atom. The normalized spacial score (nSPS) is 10.5. The van der Waals surface area contributed by atoms with Crippen molar-refractivity contribution < 1.29 is 14.0 Å². The molecule has 0 aliphatic carbocycles. The second-order valence-electron chi connectivity index (χ2n) is 6.53. The van der Waals surface area contributed by atoms with E-state index in [-0.39, 0.29) is 28.1 Å². The molecular weight excluding hydrogens is 419 g/mol. The van der Waals surface area contributed by atoms with E-state index < -0.39 is 17.5 Å². The molecular formula is C23H12ClFN4O2. The molecule has 1 heterocycles. The molecule has 1 N–H and O–H groups in total. The molecule has 0 saturated carbocycles. The molecule has 0 fully saturated rings. The molecule has 4 rings (SSSR count). The lowest BCUT2D eigenvalue weighted by Crippen LogP contribution is -2.14. The molecule has 150 valence electrons. The molecule has 1 amide bonds. The predicted molar refractivity (Wildman–Crippen MR) is 113 cm³/mol. The molecule has 4 aromatic rings. The van der Waals surface area contributed by atoms with Crippen molar-refractivity contribution in [3.8, 4) is 6.07 Å². The first-order chi connectivity index (χ1) is 15.0. The highest BCUT2D eigenvalue weighted by Crippen LogP contribution is 2.23. The number of aromatic nitrogens is 2. The number of nitrogens with one attached hydrogen (secondary N) is 1. The van der Waals surface area contributed by atoms with Crippen LogP contribution < -0.4 is 5.32 Å². The summed E-state index contributed by atoms with van der Waals surface area (Å²) in [7, 11) is 0. The van der Waals surface area contributed by atoms with Crippen molar-refractivity contribution in [2.75, 3.05) is 5.32 Å². The Bertz CT molecular complexity index is 1400. The number of amides is 1. The Morgan fingerprint density at radius 3 is 2.58 bits per heavy atom. The lowest BCUT2D eigenvalue weighted by molar-refractivity contribution is 0.101. The number of carbonyl (C=O) groups is 2. The third kappa shape index (κ3) is 4.10. The second-order valence-corrected chi connectivity index (χ2v) is 6.97. The molecule has 1 aromatic heterocycles. The van der Waals surface area contributed by atoms with Gasteiger partial charge in [0.15, 0.2) is 17.3 Å². The van der Waals surface area contributed by atoms with Crippen LogP contribution in [0.2, 0.25) is 5.02 Å². The monoisotopic (exact) mass is 430 g/mol. The SMILES string of the molecule is N#Cc1cnc2ccc(C(=O)c3cccc(NC(=O)c4cccc(Cl)c4)c3F)cc2n1. The minimum Gasteiger partial charge on any atom is -0.319 e. The molecule has 8 heteroatoms. The van der Waals surface area contributed by atoms with E-state index in [1.807, 2.05) is 6.07 Å². The highest BCUT2D eigenvalue weighted by molar-refractivity contribution is 6.31. The molecule has 0 unspecified atom stereocenters. The second kappa shape index (κ2) is 8.30. The third-order valence-electron chi connectivity index (χ3n) is 4.50. The average molecular weight is 431 g/mol. The first-order valence-corrected chi connectivity index (χ1v) is 9.41. The number of hydrogen-bond donors (Lipinski definition) is 1. The molecule has 31 heavy (non-hydrogen) atoms. The highest BCUT2D eigenvalue weighted by atomic mass is 35.5. The Hall–Kier alpha value is -4.15. The van der Waals surface area contributed by atoms with Gasteiger partial charge in [0, 0.05) is 16.1 Å². The van der Waals surface area contributed by atoms with Crippen molar-refractivity contribution in [1.29, 1.82) is 5.26 Å². The number of benzene rings is 3. The van der Waals surface area contributed by atoms with Crippen LogP contribution in [0.15, 0.2) is 66.9 Å². The van der Waals surface area contributed by atoms with Crippen molar-refractivity contribution in [3.05, 3.63) is 100 Å². The van der Waals surface area contributed by atoms with E-state index in [2.05, 4.69) is 15.3 Å². The molecule has 0 atom stereocenters. The number of ketones is 1. The van der Waals surface area contributed by atoms with E-state index >= 15 is 4.39 Å². The van der Waals surface area contributed by atoms with E-state index in [4.69, 9.17) is 16.9 Å². The Morgan fingerprint density at radius 2 is 1.81 bits per heavy atom. The predicted octanol–water partition coefficient (Wildman–Crippen LogP) is 4.78. The molecule has 0 radical (unpaired) electrons. The van der Waals surface area contributed by atoms with Gasteiger partial charge in [0.1, 0.15) is 6.07 Å². The topological polar surface area (TPSA) is 95.7 Å². The summed E-state index contributed by atoms with van der Waals surface area (Å²) in [5, 5.41) is 11.8. The van der Waals surface area contributed by atoms with Gasteiger partial charge in [-0.15, -0.1) is 0 Å². The van der Waals surface area contributed by atoms with Gasteiger partial charge in [-0.05, 0) is 48.5 Å². The van der Waals surface area contributed by atoms with E-state index in [1.165, 1.54) is 42.6 Å². The van der Waals surface area contributed by atoms with Crippen LogP contribution in [0.5, 0.6) is 0 Å². The van der Waals surface area contributed by atoms with Gasteiger partial charge in [-0.3, -0.25) is 14.6 Å². The first kappa shape index (κ1) is 20.1. The van der Waals surface area contributed by atoms with Gasteiger partial charge in [0.05, 0.1) is 28.5 Å². The van der Waals surface area contributed by atoms with Crippen LogP contribution in [0, 0.1) is 17.1 Å². The number of hydrogen-bond acceptors (Lipinski definition) is 5. The maximum atomic E-state index is 15.1. The summed E-state index contributed by atoms with van der Waals surface area (Å²) in [6, 6.07) is 16.8. The van der Waals surface area contributed by atoms with E-state index in [0.29, 0.717) is 16.1 Å². The third-order valence-corrected chi connectivity index (χ3v) is 4.73. The van der Waals surface area contributed by atoms with Crippen LogP contribution in [-0.4, -0.2) is 21.7 Å². The fourth-order valence-corrected chi connectivity index (χ4v) is 3.18. The van der Waals surface area contributed by atoms with Crippen molar-refractivity contribution in [2.45, 2.75) is 0 Å². The average Bonchev–Trinajstić information content (AvgIpc) is 2.79. The Balaban J connectivity index is 1.66.